The van der Waals surface area contributed by atoms with Crippen LogP contribution in [-0.2, 0) is 16.6 Å². The van der Waals surface area contributed by atoms with Gasteiger partial charge in [0.2, 0.25) is 5.09 Å². The quantitative estimate of drug-likeness (QED) is 0.844. The summed E-state index contributed by atoms with van der Waals surface area (Å²) in [6.07, 6.45) is 1.81. The van der Waals surface area contributed by atoms with Crippen LogP contribution in [0.1, 0.15) is 25.5 Å². The molecule has 1 atom stereocenters. The number of sulfonamides is 1. The van der Waals surface area contributed by atoms with Crippen molar-refractivity contribution in [1.82, 2.24) is 9.21 Å². The van der Waals surface area contributed by atoms with E-state index in [2.05, 4.69) is 0 Å². The zero-order chi connectivity index (χ0) is 14.8. The zero-order valence-electron chi connectivity index (χ0n) is 11.9. The van der Waals surface area contributed by atoms with Gasteiger partial charge in [-0.15, -0.1) is 0 Å². The van der Waals surface area contributed by atoms with Gasteiger partial charge in [-0.1, -0.05) is 0 Å². The van der Waals surface area contributed by atoms with Crippen LogP contribution in [0.5, 0.6) is 0 Å². The van der Waals surface area contributed by atoms with Crippen molar-refractivity contribution < 1.29 is 17.9 Å². The molecular weight excluding hydrogens is 280 g/mol. The van der Waals surface area contributed by atoms with Crippen molar-refractivity contribution in [3.63, 3.8) is 0 Å². The second-order valence-corrected chi connectivity index (χ2v) is 7.15. The molecule has 0 radical (unpaired) electrons. The van der Waals surface area contributed by atoms with Crippen molar-refractivity contribution in [2.24, 2.45) is 0 Å². The molecule has 6 nitrogen and oxygen atoms in total. The zero-order valence-corrected chi connectivity index (χ0v) is 12.8. The summed E-state index contributed by atoms with van der Waals surface area (Å²) in [5, 5.41) is 9.10. The fraction of sp³-hybridized carbons (Fsp3) is 0.692. The molecule has 1 fully saturated rings. The molecule has 1 aliphatic heterocycles. The molecule has 0 spiro atoms. The number of rotatable bonds is 6. The van der Waals surface area contributed by atoms with Gasteiger partial charge in [-0.05, 0) is 38.9 Å². The maximum Gasteiger partial charge on any atom is 0.276 e. The molecule has 0 amide bonds. The van der Waals surface area contributed by atoms with Gasteiger partial charge in [0, 0.05) is 19.1 Å². The first-order chi connectivity index (χ1) is 9.45. The highest BCUT2D eigenvalue weighted by Crippen LogP contribution is 2.23. The number of likely N-dealkylation sites (N-methyl/N-ethyl adjacent to an activating group) is 1. The van der Waals surface area contributed by atoms with Crippen LogP contribution in [0.2, 0.25) is 0 Å². The summed E-state index contributed by atoms with van der Waals surface area (Å²) < 4.78 is 31.5. The monoisotopic (exact) mass is 302 g/mol. The molecule has 1 aromatic rings. The molecule has 0 saturated carbocycles. The van der Waals surface area contributed by atoms with E-state index in [0.29, 0.717) is 25.4 Å². The van der Waals surface area contributed by atoms with Gasteiger partial charge >= 0.3 is 0 Å². The third-order valence-electron chi connectivity index (χ3n) is 3.72. The molecule has 1 unspecified atom stereocenters. The van der Waals surface area contributed by atoms with Gasteiger partial charge in [0.05, 0.1) is 13.2 Å². The number of aliphatic hydroxyl groups excluding tert-OH is 1. The van der Waals surface area contributed by atoms with Crippen LogP contribution in [0, 0.1) is 0 Å². The van der Waals surface area contributed by atoms with Crippen LogP contribution >= 0.6 is 0 Å². The molecule has 0 bridgehead atoms. The SMILES string of the molecule is CC(CO)N(C)Cc1ccc(S(=O)(=O)N2CCCC2)o1. The summed E-state index contributed by atoms with van der Waals surface area (Å²) in [5.41, 5.74) is 0. The lowest BCUT2D eigenvalue weighted by molar-refractivity contribution is 0.145. The van der Waals surface area contributed by atoms with Gasteiger partial charge < -0.3 is 9.52 Å². The van der Waals surface area contributed by atoms with E-state index in [1.54, 1.807) is 6.07 Å². The summed E-state index contributed by atoms with van der Waals surface area (Å²) in [6.45, 7) is 3.55. The van der Waals surface area contributed by atoms with Gasteiger partial charge in [-0.25, -0.2) is 8.42 Å². The van der Waals surface area contributed by atoms with Crippen LogP contribution in [-0.4, -0.2) is 55.5 Å². The lowest BCUT2D eigenvalue weighted by Gasteiger charge is -2.21. The number of hydrogen-bond donors (Lipinski definition) is 1. The van der Waals surface area contributed by atoms with Crippen molar-refractivity contribution in [1.29, 1.82) is 0 Å². The molecule has 2 rings (SSSR count). The maximum absolute atomic E-state index is 12.3. The molecule has 1 N–H and O–H groups in total. The Morgan fingerprint density at radius 3 is 2.65 bits per heavy atom. The van der Waals surface area contributed by atoms with Crippen LogP contribution in [0.15, 0.2) is 21.6 Å². The molecule has 0 aromatic carbocycles. The minimum absolute atomic E-state index is 0.00117. The van der Waals surface area contributed by atoms with Crippen molar-refractivity contribution in [2.45, 2.75) is 37.4 Å². The Morgan fingerprint density at radius 2 is 2.05 bits per heavy atom. The average molecular weight is 302 g/mol. The minimum atomic E-state index is -3.48. The van der Waals surface area contributed by atoms with E-state index in [1.807, 2.05) is 18.9 Å². The first-order valence-electron chi connectivity index (χ1n) is 6.85. The Hall–Kier alpha value is -0.890. The molecule has 1 saturated heterocycles. The second kappa shape index (κ2) is 6.26. The topological polar surface area (TPSA) is 74.0 Å². The van der Waals surface area contributed by atoms with Crippen LogP contribution in [0.4, 0.5) is 0 Å². The summed E-state index contributed by atoms with van der Waals surface area (Å²) in [4.78, 5) is 1.91. The predicted molar refractivity (Wildman–Crippen MR) is 74.7 cm³/mol. The third kappa shape index (κ3) is 3.22. The Kier molecular flexibility index (Phi) is 4.85. The van der Waals surface area contributed by atoms with Crippen LogP contribution < -0.4 is 0 Å². The number of hydrogen-bond acceptors (Lipinski definition) is 5. The highest BCUT2D eigenvalue weighted by molar-refractivity contribution is 7.89. The lowest BCUT2D eigenvalue weighted by atomic mass is 10.3. The van der Waals surface area contributed by atoms with E-state index in [-0.39, 0.29) is 17.7 Å². The van der Waals surface area contributed by atoms with Crippen LogP contribution in [0.25, 0.3) is 0 Å². The highest BCUT2D eigenvalue weighted by Gasteiger charge is 2.30. The number of nitrogens with zero attached hydrogens (tertiary/aromatic N) is 2. The first kappa shape index (κ1) is 15.5. The molecule has 20 heavy (non-hydrogen) atoms. The van der Waals surface area contributed by atoms with E-state index >= 15 is 0 Å². The summed E-state index contributed by atoms with van der Waals surface area (Å²) in [7, 11) is -1.62. The molecular formula is C13H22N2O4S. The lowest BCUT2D eigenvalue weighted by Crippen LogP contribution is -2.31. The van der Waals surface area contributed by atoms with Crippen molar-refractivity contribution in [2.75, 3.05) is 26.7 Å². The smallest absolute Gasteiger partial charge is 0.276 e. The standard InChI is InChI=1S/C13H22N2O4S/c1-11(10-16)14(2)9-12-5-6-13(19-12)20(17,18)15-7-3-4-8-15/h5-6,11,16H,3-4,7-10H2,1-2H3. The third-order valence-corrected chi connectivity index (χ3v) is 5.49. The van der Waals surface area contributed by atoms with Gasteiger partial charge in [0.15, 0.2) is 0 Å². The Labute approximate surface area is 120 Å². The van der Waals surface area contributed by atoms with Gasteiger partial charge in [-0.3, -0.25) is 4.90 Å². The fourth-order valence-corrected chi connectivity index (χ4v) is 3.62. The molecule has 7 heteroatoms. The normalized spacial score (nSPS) is 18.8. The highest BCUT2D eigenvalue weighted by atomic mass is 32.2. The number of aliphatic hydroxyl groups is 1. The Balaban J connectivity index is 2.08. The van der Waals surface area contributed by atoms with Crippen molar-refractivity contribution >= 4 is 10.0 Å². The largest absolute Gasteiger partial charge is 0.447 e. The molecule has 1 aromatic heterocycles. The second-order valence-electron chi connectivity index (χ2n) is 5.28. The van der Waals surface area contributed by atoms with Gasteiger partial charge in [0.1, 0.15) is 5.76 Å². The molecule has 2 heterocycles. The van der Waals surface area contributed by atoms with E-state index in [1.165, 1.54) is 10.4 Å². The summed E-state index contributed by atoms with van der Waals surface area (Å²) in [5.74, 6) is 0.588. The Morgan fingerprint density at radius 1 is 1.40 bits per heavy atom. The molecule has 0 aliphatic carbocycles. The minimum Gasteiger partial charge on any atom is -0.447 e. The molecule has 114 valence electrons. The first-order valence-corrected chi connectivity index (χ1v) is 8.29. The molecule has 1 aliphatic rings. The van der Waals surface area contributed by atoms with E-state index in [4.69, 9.17) is 9.52 Å². The average Bonchev–Trinajstić information content (AvgIpc) is 3.08. The van der Waals surface area contributed by atoms with E-state index < -0.39 is 10.0 Å². The van der Waals surface area contributed by atoms with E-state index in [9.17, 15) is 8.42 Å². The summed E-state index contributed by atoms with van der Waals surface area (Å²) in [6, 6.07) is 3.20. The van der Waals surface area contributed by atoms with Gasteiger partial charge in [-0.2, -0.15) is 4.31 Å². The number of furan rings is 1. The predicted octanol–water partition coefficient (Wildman–Crippen LogP) is 0.877. The van der Waals surface area contributed by atoms with Crippen molar-refractivity contribution in [3.8, 4) is 0 Å². The summed E-state index contributed by atoms with van der Waals surface area (Å²) >= 11 is 0. The van der Waals surface area contributed by atoms with Gasteiger partial charge in [0.25, 0.3) is 10.0 Å². The Bertz CT molecular complexity index is 534. The maximum atomic E-state index is 12.3. The fourth-order valence-electron chi connectivity index (χ4n) is 2.18. The van der Waals surface area contributed by atoms with Crippen molar-refractivity contribution in [3.05, 3.63) is 17.9 Å². The van der Waals surface area contributed by atoms with E-state index in [0.717, 1.165) is 12.8 Å². The van der Waals surface area contributed by atoms with Crippen LogP contribution in [0.3, 0.4) is 0 Å².